The van der Waals surface area contributed by atoms with Crippen LogP contribution in [0.25, 0.3) is 0 Å². The maximum atomic E-state index is 6.06. The van der Waals surface area contributed by atoms with E-state index < -0.39 is 11.4 Å². The van der Waals surface area contributed by atoms with Gasteiger partial charge in [0.05, 0.1) is 5.02 Å². The Hall–Kier alpha value is 2.12. The first-order valence-electron chi connectivity index (χ1n) is 4.29. The highest BCUT2D eigenvalue weighted by atomic mass is 35.6. The van der Waals surface area contributed by atoms with Gasteiger partial charge in [-0.1, -0.05) is 116 Å². The van der Waals surface area contributed by atoms with Gasteiger partial charge in [0, 0.05) is 16.7 Å². The highest BCUT2D eigenvalue weighted by Crippen LogP contribution is 2.51. The third-order valence-corrected chi connectivity index (χ3v) is 4.29. The first kappa shape index (κ1) is 19.2. The molecule has 0 saturated heterocycles. The van der Waals surface area contributed by atoms with Crippen LogP contribution in [0.3, 0.4) is 0 Å². The molecule has 1 aromatic carbocycles. The molecule has 0 bridgehead atoms. The molecule has 0 fully saturated rings. The van der Waals surface area contributed by atoms with Crippen LogP contribution >= 0.6 is 116 Å². The van der Waals surface area contributed by atoms with Crippen LogP contribution in [0.4, 0.5) is 0 Å². The highest BCUT2D eigenvalue weighted by Gasteiger charge is 2.36. The minimum absolute atomic E-state index is 0.0296. The minimum Gasteiger partial charge on any atom is -0.0834 e. The molecule has 1 aromatic rings. The van der Waals surface area contributed by atoms with Crippen LogP contribution in [0, 0.1) is 0 Å². The van der Waals surface area contributed by atoms with E-state index in [4.69, 9.17) is 116 Å². The standard InChI is InChI=1S/C9H2Cl10/c10-6-4(8(14,15)16)1-3(7(11,12)13)2-5(6)9(17,18)19/h1-2H. The number of hydrogen-bond donors (Lipinski definition) is 0. The molecule has 0 nitrogen and oxygen atoms in total. The lowest BCUT2D eigenvalue weighted by atomic mass is 10.1. The normalized spacial score (nSPS) is 13.8. The van der Waals surface area contributed by atoms with Gasteiger partial charge in [-0.05, 0) is 12.1 Å². The number of halogens is 10. The first-order chi connectivity index (χ1) is 8.24. The Morgan fingerprint density at radius 3 is 1.11 bits per heavy atom. The molecule has 0 N–H and O–H groups in total. The molecule has 0 aliphatic carbocycles. The zero-order valence-electron chi connectivity index (χ0n) is 8.43. The van der Waals surface area contributed by atoms with Crippen molar-refractivity contribution in [3.8, 4) is 0 Å². The van der Waals surface area contributed by atoms with E-state index in [1.54, 1.807) is 0 Å². The number of alkyl halides is 9. The predicted octanol–water partition coefficient (Wildman–Crippen LogP) is 7.82. The van der Waals surface area contributed by atoms with Gasteiger partial charge in [-0.2, -0.15) is 0 Å². The van der Waals surface area contributed by atoms with Crippen molar-refractivity contribution in [3.05, 3.63) is 33.8 Å². The van der Waals surface area contributed by atoms with E-state index in [9.17, 15) is 0 Å². The number of rotatable bonds is 0. The molecule has 10 heteroatoms. The summed E-state index contributed by atoms with van der Waals surface area (Å²) < 4.78 is -5.53. The molecule has 0 saturated carbocycles. The summed E-state index contributed by atoms with van der Waals surface area (Å²) in [4.78, 5) is 0. The van der Waals surface area contributed by atoms with Crippen molar-refractivity contribution >= 4 is 116 Å². The maximum absolute atomic E-state index is 6.06. The van der Waals surface area contributed by atoms with Crippen LogP contribution in [-0.2, 0) is 11.4 Å². The number of hydrogen-bond acceptors (Lipinski definition) is 0. The van der Waals surface area contributed by atoms with Gasteiger partial charge < -0.3 is 0 Å². The summed E-state index contributed by atoms with van der Waals surface area (Å²) in [6.45, 7) is 0. The average molecular weight is 465 g/mol. The Balaban J connectivity index is 3.68. The van der Waals surface area contributed by atoms with Crippen molar-refractivity contribution in [2.45, 2.75) is 11.4 Å². The van der Waals surface area contributed by atoms with Crippen LogP contribution in [-0.4, -0.2) is 0 Å². The van der Waals surface area contributed by atoms with Crippen molar-refractivity contribution < 1.29 is 0 Å². The van der Waals surface area contributed by atoms with Gasteiger partial charge in [-0.15, -0.1) is 0 Å². The van der Waals surface area contributed by atoms with Gasteiger partial charge in [0.2, 0.25) is 11.4 Å². The summed E-state index contributed by atoms with van der Waals surface area (Å²) in [5, 5.41) is -0.0296. The maximum Gasteiger partial charge on any atom is 0.217 e. The third-order valence-electron chi connectivity index (χ3n) is 2.01. The van der Waals surface area contributed by atoms with Crippen molar-refractivity contribution in [1.29, 1.82) is 0 Å². The third kappa shape index (κ3) is 5.06. The Morgan fingerprint density at radius 1 is 0.579 bits per heavy atom. The summed E-state index contributed by atoms with van der Waals surface area (Å²) in [5.41, 5.74) is 0.248. The van der Waals surface area contributed by atoms with E-state index in [0.717, 1.165) is 0 Å². The Kier molecular flexibility index (Phi) is 6.37. The van der Waals surface area contributed by atoms with Crippen molar-refractivity contribution in [3.63, 3.8) is 0 Å². The van der Waals surface area contributed by atoms with Gasteiger partial charge in [0.15, 0.2) is 0 Å². The van der Waals surface area contributed by atoms with E-state index in [-0.39, 0.29) is 21.7 Å². The van der Waals surface area contributed by atoms with E-state index in [0.29, 0.717) is 0 Å². The molecule has 0 radical (unpaired) electrons. The number of benzene rings is 1. The summed E-state index contributed by atoms with van der Waals surface area (Å²) in [7, 11) is 0. The molecule has 0 aromatic heterocycles. The van der Waals surface area contributed by atoms with Crippen LogP contribution in [0.15, 0.2) is 12.1 Å². The Morgan fingerprint density at radius 2 is 0.895 bits per heavy atom. The minimum atomic E-state index is -1.87. The van der Waals surface area contributed by atoms with Crippen molar-refractivity contribution in [1.82, 2.24) is 0 Å². The predicted molar refractivity (Wildman–Crippen MR) is 89.2 cm³/mol. The van der Waals surface area contributed by atoms with Crippen LogP contribution in [0.1, 0.15) is 16.7 Å². The molecule has 0 atom stereocenters. The largest absolute Gasteiger partial charge is 0.217 e. The second-order valence-electron chi connectivity index (χ2n) is 3.38. The Labute approximate surface area is 160 Å². The average Bonchev–Trinajstić information content (AvgIpc) is 2.11. The quantitative estimate of drug-likeness (QED) is 0.343. The van der Waals surface area contributed by atoms with Crippen LogP contribution < -0.4 is 0 Å². The molecular formula is C9H2Cl10. The molecule has 0 heterocycles. The summed E-state index contributed by atoms with van der Waals surface area (Å²) in [5.74, 6) is 0. The monoisotopic (exact) mass is 460 g/mol. The fourth-order valence-electron chi connectivity index (χ4n) is 1.20. The molecule has 0 aliphatic rings. The van der Waals surface area contributed by atoms with Crippen molar-refractivity contribution in [2.24, 2.45) is 0 Å². The fourth-order valence-corrected chi connectivity index (χ4v) is 3.11. The molecule has 108 valence electrons. The lowest BCUT2D eigenvalue weighted by Crippen LogP contribution is -2.12. The zero-order valence-corrected chi connectivity index (χ0v) is 16.0. The van der Waals surface area contributed by atoms with Crippen molar-refractivity contribution in [2.75, 3.05) is 0 Å². The van der Waals surface area contributed by atoms with Gasteiger partial charge in [0.25, 0.3) is 0 Å². The molecule has 0 spiro atoms. The fraction of sp³-hybridized carbons (Fsp3) is 0.333. The second kappa shape index (κ2) is 6.32. The van der Waals surface area contributed by atoms with E-state index in [1.165, 1.54) is 12.1 Å². The first-order valence-corrected chi connectivity index (χ1v) is 8.07. The summed E-state index contributed by atoms with van der Waals surface area (Å²) in [6, 6.07) is 2.64. The van der Waals surface area contributed by atoms with Gasteiger partial charge in [0.1, 0.15) is 0 Å². The van der Waals surface area contributed by atoms with Gasteiger partial charge >= 0.3 is 0 Å². The van der Waals surface area contributed by atoms with Crippen LogP contribution in [0.2, 0.25) is 5.02 Å². The highest BCUT2D eigenvalue weighted by molar-refractivity contribution is 6.69. The molecule has 0 unspecified atom stereocenters. The van der Waals surface area contributed by atoms with Gasteiger partial charge in [-0.25, -0.2) is 0 Å². The smallest absolute Gasteiger partial charge is 0.0834 e. The second-order valence-corrected chi connectivity index (χ2v) is 10.6. The van der Waals surface area contributed by atoms with E-state index >= 15 is 0 Å². The SMILES string of the molecule is Clc1c(C(Cl)(Cl)Cl)cc(C(Cl)(Cl)Cl)cc1C(Cl)(Cl)Cl. The summed E-state index contributed by atoms with van der Waals surface area (Å²) in [6.07, 6.45) is 0. The molecule has 0 aliphatic heterocycles. The Bertz CT molecular complexity index is 440. The molecule has 0 amide bonds. The van der Waals surface area contributed by atoms with Crippen LogP contribution in [0.5, 0.6) is 0 Å². The van der Waals surface area contributed by atoms with Gasteiger partial charge in [-0.3, -0.25) is 0 Å². The lowest BCUT2D eigenvalue weighted by Gasteiger charge is -2.23. The lowest BCUT2D eigenvalue weighted by molar-refractivity contribution is 1.11. The zero-order chi connectivity index (χ0) is 15.2. The topological polar surface area (TPSA) is 0 Å². The van der Waals surface area contributed by atoms with E-state index in [2.05, 4.69) is 0 Å². The molecule has 19 heavy (non-hydrogen) atoms. The molecular weight excluding hydrogens is 463 g/mol. The molecule has 1 rings (SSSR count). The van der Waals surface area contributed by atoms with E-state index in [1.807, 2.05) is 0 Å². The summed E-state index contributed by atoms with van der Waals surface area (Å²) >= 11 is 58.2.